The second kappa shape index (κ2) is 5.99. The smallest absolute Gasteiger partial charge is 0.330 e. The van der Waals surface area contributed by atoms with E-state index in [-0.39, 0.29) is 0 Å². The molecule has 0 aromatic carbocycles. The molecule has 0 amide bonds. The second-order valence-electron chi connectivity index (χ2n) is 2.27. The van der Waals surface area contributed by atoms with Crippen molar-refractivity contribution in [1.82, 2.24) is 0 Å². The molecule has 0 saturated heterocycles. The quantitative estimate of drug-likeness (QED) is 0.370. The predicted molar refractivity (Wildman–Crippen MR) is 46.9 cm³/mol. The standard InChI is InChI=1S/C9H12O4/c1-7(6-9(11)13-3)4-5-8(10)12-2/h4-6H,1-3H3/b5-4+,7-6+. The minimum absolute atomic E-state index is 0.452. The van der Waals surface area contributed by atoms with Gasteiger partial charge in [-0.15, -0.1) is 0 Å². The highest BCUT2D eigenvalue weighted by molar-refractivity contribution is 5.85. The minimum atomic E-state index is -0.461. The molecule has 4 nitrogen and oxygen atoms in total. The van der Waals surface area contributed by atoms with Crippen molar-refractivity contribution in [2.24, 2.45) is 0 Å². The molecule has 0 aliphatic heterocycles. The third-order valence-corrected chi connectivity index (χ3v) is 1.23. The van der Waals surface area contributed by atoms with Crippen LogP contribution in [0.1, 0.15) is 6.92 Å². The Morgan fingerprint density at radius 3 is 2.00 bits per heavy atom. The molecule has 0 saturated carbocycles. The molecule has 0 N–H and O–H groups in total. The van der Waals surface area contributed by atoms with Crippen LogP contribution in [0.5, 0.6) is 0 Å². The second-order valence-corrected chi connectivity index (χ2v) is 2.27. The molecule has 0 radical (unpaired) electrons. The molecule has 0 atom stereocenters. The molecule has 0 fully saturated rings. The summed E-state index contributed by atoms with van der Waals surface area (Å²) >= 11 is 0. The molecule has 0 aromatic rings. The van der Waals surface area contributed by atoms with Crippen molar-refractivity contribution in [2.45, 2.75) is 6.92 Å². The SMILES string of the molecule is COC(=O)/C=C/C(C)=C/C(=O)OC. The van der Waals surface area contributed by atoms with Crippen LogP contribution < -0.4 is 0 Å². The fourth-order valence-electron chi connectivity index (χ4n) is 0.560. The highest BCUT2D eigenvalue weighted by Crippen LogP contribution is 1.95. The van der Waals surface area contributed by atoms with Crippen LogP contribution in [0.2, 0.25) is 0 Å². The maximum Gasteiger partial charge on any atom is 0.330 e. The molecule has 13 heavy (non-hydrogen) atoms. The Labute approximate surface area is 76.8 Å². The van der Waals surface area contributed by atoms with Crippen LogP contribution in [0, 0.1) is 0 Å². The first-order chi connectivity index (χ1) is 6.10. The van der Waals surface area contributed by atoms with E-state index in [1.54, 1.807) is 6.92 Å². The van der Waals surface area contributed by atoms with E-state index in [2.05, 4.69) is 9.47 Å². The zero-order chi connectivity index (χ0) is 10.3. The molecule has 0 heterocycles. The van der Waals surface area contributed by atoms with Gasteiger partial charge in [0.05, 0.1) is 14.2 Å². The maximum atomic E-state index is 10.7. The molecule has 4 heteroatoms. The average Bonchev–Trinajstić information content (AvgIpc) is 2.13. The summed E-state index contributed by atoms with van der Waals surface area (Å²) in [6.07, 6.45) is 3.98. The van der Waals surface area contributed by atoms with Crippen LogP contribution in [0.15, 0.2) is 23.8 Å². The van der Waals surface area contributed by atoms with Gasteiger partial charge in [0, 0.05) is 12.2 Å². The topological polar surface area (TPSA) is 52.6 Å². The fraction of sp³-hybridized carbons (Fsp3) is 0.333. The van der Waals surface area contributed by atoms with E-state index < -0.39 is 11.9 Å². The monoisotopic (exact) mass is 184 g/mol. The van der Waals surface area contributed by atoms with Crippen LogP contribution in [0.25, 0.3) is 0 Å². The molecular weight excluding hydrogens is 172 g/mol. The molecule has 0 bridgehead atoms. The highest BCUT2D eigenvalue weighted by Gasteiger charge is 1.94. The van der Waals surface area contributed by atoms with E-state index >= 15 is 0 Å². The number of hydrogen-bond donors (Lipinski definition) is 0. The Balaban J connectivity index is 4.21. The zero-order valence-electron chi connectivity index (χ0n) is 7.87. The van der Waals surface area contributed by atoms with Gasteiger partial charge >= 0.3 is 11.9 Å². The first kappa shape index (κ1) is 11.4. The van der Waals surface area contributed by atoms with Crippen LogP contribution in [0.4, 0.5) is 0 Å². The summed E-state index contributed by atoms with van der Waals surface area (Å²) in [5.41, 5.74) is 0.622. The third-order valence-electron chi connectivity index (χ3n) is 1.23. The largest absolute Gasteiger partial charge is 0.466 e. The Morgan fingerprint density at radius 2 is 1.54 bits per heavy atom. The first-order valence-electron chi connectivity index (χ1n) is 3.62. The molecule has 0 aromatic heterocycles. The fourth-order valence-corrected chi connectivity index (χ4v) is 0.560. The predicted octanol–water partition coefficient (Wildman–Crippen LogP) is 0.835. The summed E-state index contributed by atoms with van der Waals surface area (Å²) in [6.45, 7) is 1.68. The number of rotatable bonds is 3. The summed E-state index contributed by atoms with van der Waals surface area (Å²) in [5.74, 6) is -0.912. The van der Waals surface area contributed by atoms with Gasteiger partial charge in [0.1, 0.15) is 0 Å². The average molecular weight is 184 g/mol. The Kier molecular flexibility index (Phi) is 5.27. The van der Waals surface area contributed by atoms with Gasteiger partial charge in [-0.3, -0.25) is 0 Å². The van der Waals surface area contributed by atoms with Crippen molar-refractivity contribution in [1.29, 1.82) is 0 Å². The Bertz CT molecular complexity index is 250. The molecule has 0 rings (SSSR count). The number of carbonyl (C=O) groups excluding carboxylic acids is 2. The van der Waals surface area contributed by atoms with Gasteiger partial charge in [0.25, 0.3) is 0 Å². The Morgan fingerprint density at radius 1 is 1.00 bits per heavy atom. The van der Waals surface area contributed by atoms with E-state index in [0.717, 1.165) is 0 Å². The lowest BCUT2D eigenvalue weighted by Crippen LogP contribution is -1.96. The highest BCUT2D eigenvalue weighted by atomic mass is 16.5. The number of ether oxygens (including phenoxy) is 2. The van der Waals surface area contributed by atoms with Crippen molar-refractivity contribution in [2.75, 3.05) is 14.2 Å². The van der Waals surface area contributed by atoms with Crippen molar-refractivity contribution in [3.63, 3.8) is 0 Å². The maximum absolute atomic E-state index is 10.7. The van der Waals surface area contributed by atoms with E-state index in [9.17, 15) is 9.59 Å². The summed E-state index contributed by atoms with van der Waals surface area (Å²) in [6, 6.07) is 0. The van der Waals surface area contributed by atoms with Crippen LogP contribution >= 0.6 is 0 Å². The number of esters is 2. The van der Waals surface area contributed by atoms with Crippen molar-refractivity contribution < 1.29 is 19.1 Å². The summed E-state index contributed by atoms with van der Waals surface area (Å²) in [4.78, 5) is 21.3. The molecule has 0 spiro atoms. The van der Waals surface area contributed by atoms with Crippen molar-refractivity contribution in [3.8, 4) is 0 Å². The first-order valence-corrected chi connectivity index (χ1v) is 3.62. The van der Waals surface area contributed by atoms with E-state index in [4.69, 9.17) is 0 Å². The zero-order valence-corrected chi connectivity index (χ0v) is 7.87. The van der Waals surface area contributed by atoms with Gasteiger partial charge in [-0.25, -0.2) is 9.59 Å². The van der Waals surface area contributed by atoms with Gasteiger partial charge in [-0.1, -0.05) is 6.08 Å². The van der Waals surface area contributed by atoms with Crippen LogP contribution in [0.3, 0.4) is 0 Å². The van der Waals surface area contributed by atoms with Gasteiger partial charge in [-0.05, 0) is 12.5 Å². The lowest BCUT2D eigenvalue weighted by atomic mass is 10.2. The molecular formula is C9H12O4. The number of allylic oxidation sites excluding steroid dienone is 2. The van der Waals surface area contributed by atoms with Crippen LogP contribution in [-0.2, 0) is 19.1 Å². The Hall–Kier alpha value is -1.58. The van der Waals surface area contributed by atoms with Crippen LogP contribution in [-0.4, -0.2) is 26.2 Å². The summed E-state index contributed by atoms with van der Waals surface area (Å²) < 4.78 is 8.75. The minimum Gasteiger partial charge on any atom is -0.466 e. The third kappa shape index (κ3) is 5.66. The van der Waals surface area contributed by atoms with Gasteiger partial charge in [0.15, 0.2) is 0 Å². The molecule has 72 valence electrons. The lowest BCUT2D eigenvalue weighted by molar-refractivity contribution is -0.135. The molecule has 0 unspecified atom stereocenters. The van der Waals surface area contributed by atoms with E-state index in [1.807, 2.05) is 0 Å². The number of methoxy groups -OCH3 is 2. The van der Waals surface area contributed by atoms with Crippen molar-refractivity contribution >= 4 is 11.9 Å². The molecule has 0 aliphatic rings. The summed E-state index contributed by atoms with van der Waals surface area (Å²) in [5, 5.41) is 0. The lowest BCUT2D eigenvalue weighted by Gasteiger charge is -1.92. The van der Waals surface area contributed by atoms with Crippen molar-refractivity contribution in [3.05, 3.63) is 23.8 Å². The number of hydrogen-bond acceptors (Lipinski definition) is 4. The van der Waals surface area contributed by atoms with E-state index in [1.165, 1.54) is 32.4 Å². The van der Waals surface area contributed by atoms with Gasteiger partial charge < -0.3 is 9.47 Å². The summed E-state index contributed by atoms with van der Waals surface area (Å²) in [7, 11) is 2.57. The van der Waals surface area contributed by atoms with E-state index in [0.29, 0.717) is 5.57 Å². The molecule has 0 aliphatic carbocycles. The van der Waals surface area contributed by atoms with Gasteiger partial charge in [-0.2, -0.15) is 0 Å². The number of carbonyl (C=O) groups is 2. The van der Waals surface area contributed by atoms with Gasteiger partial charge in [0.2, 0.25) is 0 Å². The normalized spacial score (nSPS) is 11.5.